The second-order valence-corrected chi connectivity index (χ2v) is 6.38. The van der Waals surface area contributed by atoms with E-state index < -0.39 is 0 Å². The summed E-state index contributed by atoms with van der Waals surface area (Å²) in [5, 5.41) is 0. The lowest BCUT2D eigenvalue weighted by atomic mass is 9.99. The topological polar surface area (TPSA) is 65.1 Å². The molecule has 6 nitrogen and oxygen atoms in total. The lowest BCUT2D eigenvalue weighted by Crippen LogP contribution is -2.48. The predicted molar refractivity (Wildman–Crippen MR) is 87.3 cm³/mol. The standard InChI is InChI=1S/C18H23NO5/c1-11(20)19-13-5-6-14(19)10-15(9-13)24-18(21)12-4-7-16(22-2)17(8-12)23-3/h4,7-8,13-15H,5-6,9-10H2,1-3H3/t13-,14-/m0/s1. The Kier molecular flexibility index (Phi) is 4.64. The highest BCUT2D eigenvalue weighted by Crippen LogP contribution is 2.37. The minimum atomic E-state index is -0.364. The third kappa shape index (κ3) is 3.05. The number of piperidine rings is 1. The SMILES string of the molecule is COc1ccc(C(=O)OC2C[C@@H]3CC[C@@H](C2)N3C(C)=O)cc1OC. The fraction of sp³-hybridized carbons (Fsp3) is 0.556. The summed E-state index contributed by atoms with van der Waals surface area (Å²) in [6.45, 7) is 1.61. The van der Waals surface area contributed by atoms with Gasteiger partial charge in [-0.05, 0) is 31.0 Å². The Balaban J connectivity index is 1.67. The normalized spacial score (nSPS) is 25.3. The number of methoxy groups -OCH3 is 2. The maximum atomic E-state index is 12.4. The van der Waals surface area contributed by atoms with Gasteiger partial charge in [-0.1, -0.05) is 0 Å². The molecule has 2 atom stereocenters. The Bertz CT molecular complexity index is 630. The molecule has 0 radical (unpaired) electrons. The number of carbonyl (C=O) groups is 2. The van der Waals surface area contributed by atoms with Crippen LogP contribution in [0.15, 0.2) is 18.2 Å². The quantitative estimate of drug-likeness (QED) is 0.792. The fourth-order valence-electron chi connectivity index (χ4n) is 3.92. The van der Waals surface area contributed by atoms with Gasteiger partial charge in [0.15, 0.2) is 11.5 Å². The van der Waals surface area contributed by atoms with Crippen LogP contribution in [0.3, 0.4) is 0 Å². The zero-order valence-corrected chi connectivity index (χ0v) is 14.3. The monoisotopic (exact) mass is 333 g/mol. The van der Waals surface area contributed by atoms with E-state index in [1.807, 2.05) is 4.90 Å². The fourth-order valence-corrected chi connectivity index (χ4v) is 3.92. The first-order valence-corrected chi connectivity index (χ1v) is 8.25. The van der Waals surface area contributed by atoms with Crippen LogP contribution in [0.1, 0.15) is 43.0 Å². The summed E-state index contributed by atoms with van der Waals surface area (Å²) in [6, 6.07) is 5.38. The van der Waals surface area contributed by atoms with Crippen LogP contribution in [0.5, 0.6) is 11.5 Å². The Hall–Kier alpha value is -2.24. The highest BCUT2D eigenvalue weighted by molar-refractivity contribution is 5.90. The molecule has 0 aliphatic carbocycles. The number of benzene rings is 1. The molecule has 1 aromatic rings. The first kappa shape index (κ1) is 16.6. The van der Waals surface area contributed by atoms with E-state index in [9.17, 15) is 9.59 Å². The van der Waals surface area contributed by atoms with Crippen LogP contribution in [0.4, 0.5) is 0 Å². The molecule has 2 bridgehead atoms. The van der Waals surface area contributed by atoms with E-state index in [1.165, 1.54) is 7.11 Å². The van der Waals surface area contributed by atoms with Crippen LogP contribution in [-0.2, 0) is 9.53 Å². The zero-order valence-electron chi connectivity index (χ0n) is 14.3. The van der Waals surface area contributed by atoms with E-state index in [2.05, 4.69) is 0 Å². The van der Waals surface area contributed by atoms with Crippen LogP contribution in [0.25, 0.3) is 0 Å². The van der Waals surface area contributed by atoms with Gasteiger partial charge in [0.05, 0.1) is 19.8 Å². The van der Waals surface area contributed by atoms with Gasteiger partial charge in [-0.2, -0.15) is 0 Å². The van der Waals surface area contributed by atoms with E-state index in [-0.39, 0.29) is 30.1 Å². The highest BCUT2D eigenvalue weighted by atomic mass is 16.5. The van der Waals surface area contributed by atoms with Gasteiger partial charge in [0.1, 0.15) is 6.10 Å². The Morgan fingerprint density at radius 3 is 2.21 bits per heavy atom. The lowest BCUT2D eigenvalue weighted by molar-refractivity contribution is -0.135. The van der Waals surface area contributed by atoms with Gasteiger partial charge in [0.25, 0.3) is 0 Å². The van der Waals surface area contributed by atoms with Gasteiger partial charge in [-0.3, -0.25) is 4.79 Å². The third-order valence-electron chi connectivity index (χ3n) is 4.95. The van der Waals surface area contributed by atoms with Crippen molar-refractivity contribution in [3.63, 3.8) is 0 Å². The van der Waals surface area contributed by atoms with Crippen molar-refractivity contribution in [2.24, 2.45) is 0 Å². The number of carbonyl (C=O) groups excluding carboxylic acids is 2. The van der Waals surface area contributed by atoms with E-state index in [1.54, 1.807) is 32.2 Å². The molecular weight excluding hydrogens is 310 g/mol. The molecule has 0 unspecified atom stereocenters. The van der Waals surface area contributed by atoms with E-state index in [4.69, 9.17) is 14.2 Å². The minimum absolute atomic E-state index is 0.118. The van der Waals surface area contributed by atoms with Crippen molar-refractivity contribution in [2.45, 2.75) is 50.8 Å². The number of esters is 1. The second-order valence-electron chi connectivity index (χ2n) is 6.38. The summed E-state index contributed by atoms with van der Waals surface area (Å²) in [4.78, 5) is 26.1. The van der Waals surface area contributed by atoms with E-state index in [0.29, 0.717) is 17.1 Å². The first-order chi connectivity index (χ1) is 11.5. The molecule has 1 amide bonds. The molecule has 24 heavy (non-hydrogen) atoms. The van der Waals surface area contributed by atoms with Gasteiger partial charge in [-0.15, -0.1) is 0 Å². The summed E-state index contributed by atoms with van der Waals surface area (Å²) in [6.07, 6.45) is 3.28. The van der Waals surface area contributed by atoms with Crippen molar-refractivity contribution in [1.82, 2.24) is 4.90 Å². The molecule has 0 N–H and O–H groups in total. The molecule has 2 heterocycles. The van der Waals surface area contributed by atoms with E-state index in [0.717, 1.165) is 25.7 Å². The number of rotatable bonds is 4. The molecule has 0 aromatic heterocycles. The third-order valence-corrected chi connectivity index (χ3v) is 4.95. The maximum Gasteiger partial charge on any atom is 0.338 e. The molecule has 1 aromatic carbocycles. The molecule has 2 aliphatic rings. The smallest absolute Gasteiger partial charge is 0.338 e. The number of nitrogens with zero attached hydrogens (tertiary/aromatic N) is 1. The largest absolute Gasteiger partial charge is 0.493 e. The van der Waals surface area contributed by atoms with Gasteiger partial charge in [0, 0.05) is 31.8 Å². The molecule has 0 saturated carbocycles. The summed E-state index contributed by atoms with van der Waals surface area (Å²) in [5.74, 6) is 0.823. The number of hydrogen-bond acceptors (Lipinski definition) is 5. The highest BCUT2D eigenvalue weighted by Gasteiger charge is 2.43. The van der Waals surface area contributed by atoms with Crippen LogP contribution < -0.4 is 9.47 Å². The van der Waals surface area contributed by atoms with Crippen LogP contribution in [0.2, 0.25) is 0 Å². The summed E-state index contributed by atoms with van der Waals surface area (Å²) in [7, 11) is 3.08. The summed E-state index contributed by atoms with van der Waals surface area (Å²) >= 11 is 0. The van der Waals surface area contributed by atoms with Crippen molar-refractivity contribution in [3.05, 3.63) is 23.8 Å². The van der Waals surface area contributed by atoms with Gasteiger partial charge >= 0.3 is 5.97 Å². The average Bonchev–Trinajstić information content (AvgIpc) is 2.85. The van der Waals surface area contributed by atoms with Crippen molar-refractivity contribution in [1.29, 1.82) is 0 Å². The van der Waals surface area contributed by atoms with Crippen molar-refractivity contribution in [3.8, 4) is 11.5 Å². The van der Waals surface area contributed by atoms with Crippen molar-refractivity contribution in [2.75, 3.05) is 14.2 Å². The van der Waals surface area contributed by atoms with Crippen molar-refractivity contribution < 1.29 is 23.8 Å². The first-order valence-electron chi connectivity index (χ1n) is 8.25. The molecule has 0 spiro atoms. The molecule has 130 valence electrons. The maximum absolute atomic E-state index is 12.4. The van der Waals surface area contributed by atoms with Crippen LogP contribution >= 0.6 is 0 Å². The Morgan fingerprint density at radius 1 is 1.04 bits per heavy atom. The molecular formula is C18H23NO5. The minimum Gasteiger partial charge on any atom is -0.493 e. The Labute approximate surface area is 141 Å². The van der Waals surface area contributed by atoms with Crippen LogP contribution in [0, 0.1) is 0 Å². The zero-order chi connectivity index (χ0) is 17.3. The summed E-state index contributed by atoms with van der Waals surface area (Å²) < 4.78 is 16.1. The number of fused-ring (bicyclic) bond motifs is 2. The van der Waals surface area contributed by atoms with Gasteiger partial charge in [-0.25, -0.2) is 4.79 Å². The summed E-state index contributed by atoms with van der Waals surface area (Å²) in [5.41, 5.74) is 0.439. The predicted octanol–water partition coefficient (Wildman–Crippen LogP) is 2.40. The molecule has 3 rings (SSSR count). The average molecular weight is 333 g/mol. The number of hydrogen-bond donors (Lipinski definition) is 0. The number of amides is 1. The van der Waals surface area contributed by atoms with Crippen molar-refractivity contribution >= 4 is 11.9 Å². The van der Waals surface area contributed by atoms with Crippen LogP contribution in [-0.4, -0.2) is 49.2 Å². The van der Waals surface area contributed by atoms with E-state index >= 15 is 0 Å². The van der Waals surface area contributed by atoms with Gasteiger partial charge < -0.3 is 19.1 Å². The van der Waals surface area contributed by atoms with Gasteiger partial charge in [0.2, 0.25) is 5.91 Å². The molecule has 2 saturated heterocycles. The molecule has 2 aliphatic heterocycles. The molecule has 2 fully saturated rings. The second kappa shape index (κ2) is 6.71. The lowest BCUT2D eigenvalue weighted by Gasteiger charge is -2.38. The number of ether oxygens (including phenoxy) is 3. The Morgan fingerprint density at radius 2 is 1.67 bits per heavy atom. The molecule has 6 heteroatoms.